The topological polar surface area (TPSA) is 122 Å². The summed E-state index contributed by atoms with van der Waals surface area (Å²) in [7, 11) is 0. The van der Waals surface area contributed by atoms with Gasteiger partial charge in [-0.1, -0.05) is 0 Å². The van der Waals surface area contributed by atoms with Crippen LogP contribution in [0.3, 0.4) is 0 Å². The van der Waals surface area contributed by atoms with E-state index in [0.717, 1.165) is 32.4 Å². The van der Waals surface area contributed by atoms with Gasteiger partial charge in [0, 0.05) is 24.8 Å². The number of aromatic amines is 1. The molecule has 0 radical (unpaired) electrons. The van der Waals surface area contributed by atoms with Gasteiger partial charge >= 0.3 is 6.61 Å². The molecule has 1 atom stereocenters. The number of ether oxygens (including phenoxy) is 1. The van der Waals surface area contributed by atoms with E-state index in [2.05, 4.69) is 35.1 Å². The molecule has 0 saturated carbocycles. The van der Waals surface area contributed by atoms with Crippen LogP contribution in [0.25, 0.3) is 10.9 Å². The largest absolute Gasteiger partial charge is 0.435 e. The van der Waals surface area contributed by atoms with Gasteiger partial charge in [-0.3, -0.25) is 4.79 Å². The van der Waals surface area contributed by atoms with Crippen molar-refractivity contribution in [1.82, 2.24) is 20.2 Å². The summed E-state index contributed by atoms with van der Waals surface area (Å²) in [5.41, 5.74) is 6.49. The fourth-order valence-electron chi connectivity index (χ4n) is 3.97. The molecule has 1 saturated heterocycles. The Hall–Kier alpha value is -3.34. The monoisotopic (exact) mass is 445 g/mol. The number of hydrogen-bond acceptors (Lipinski definition) is 8. The average Bonchev–Trinajstić information content (AvgIpc) is 2.75. The van der Waals surface area contributed by atoms with Crippen LogP contribution >= 0.6 is 0 Å². The molecular weight excluding hydrogens is 420 g/mol. The lowest BCUT2D eigenvalue weighted by atomic mass is 9.91. The fraction of sp³-hybridized carbons (Fsp3) is 0.429. The predicted octanol–water partition coefficient (Wildman–Crippen LogP) is 3.01. The Morgan fingerprint density at radius 1 is 1.25 bits per heavy atom. The molecule has 4 rings (SSSR count). The second-order valence-electron chi connectivity index (χ2n) is 8.00. The normalized spacial score (nSPS) is 15.8. The van der Waals surface area contributed by atoms with E-state index in [-0.39, 0.29) is 17.2 Å². The minimum atomic E-state index is -2.90. The van der Waals surface area contributed by atoms with Gasteiger partial charge in [0.25, 0.3) is 5.56 Å². The maximum Gasteiger partial charge on any atom is 0.387 e. The molecule has 3 heterocycles. The number of piperidine rings is 1. The van der Waals surface area contributed by atoms with Crippen molar-refractivity contribution >= 4 is 28.4 Å². The number of hydrogen-bond donors (Lipinski definition) is 3. The van der Waals surface area contributed by atoms with E-state index >= 15 is 0 Å². The highest BCUT2D eigenvalue weighted by molar-refractivity contribution is 5.90. The standard InChI is InChI=1S/C21H25F2N7O2/c1-12(24)10-13-6-8-30(9-7-13)21-27-16-11-25-29-19(31)17(16)18(28-21)26-14-2-4-15(5-3-14)32-20(22)23/h2-5,11-13,20H,6-10,24H2,1H3,(H,29,31)(H,26,27,28). The van der Waals surface area contributed by atoms with Crippen molar-refractivity contribution in [3.63, 3.8) is 0 Å². The highest BCUT2D eigenvalue weighted by Gasteiger charge is 2.23. The van der Waals surface area contributed by atoms with Crippen molar-refractivity contribution in [1.29, 1.82) is 0 Å². The lowest BCUT2D eigenvalue weighted by molar-refractivity contribution is -0.0498. The summed E-state index contributed by atoms with van der Waals surface area (Å²) in [6.45, 7) is 0.704. The van der Waals surface area contributed by atoms with Gasteiger partial charge in [0.05, 0.1) is 6.20 Å². The van der Waals surface area contributed by atoms with Gasteiger partial charge in [0.1, 0.15) is 22.5 Å². The summed E-state index contributed by atoms with van der Waals surface area (Å²) in [6.07, 6.45) is 4.45. The molecule has 3 aromatic rings. The third-order valence-corrected chi connectivity index (χ3v) is 5.45. The van der Waals surface area contributed by atoms with E-state index < -0.39 is 12.2 Å². The molecule has 32 heavy (non-hydrogen) atoms. The molecule has 9 nitrogen and oxygen atoms in total. The third kappa shape index (κ3) is 5.10. The van der Waals surface area contributed by atoms with Gasteiger partial charge < -0.3 is 20.7 Å². The van der Waals surface area contributed by atoms with Crippen molar-refractivity contribution in [2.24, 2.45) is 11.7 Å². The molecule has 11 heteroatoms. The van der Waals surface area contributed by atoms with E-state index in [4.69, 9.17) is 5.73 Å². The molecule has 1 fully saturated rings. The van der Waals surface area contributed by atoms with Crippen LogP contribution in [0.4, 0.5) is 26.2 Å². The Morgan fingerprint density at radius 2 is 1.97 bits per heavy atom. The molecule has 4 N–H and O–H groups in total. The second-order valence-corrected chi connectivity index (χ2v) is 8.00. The van der Waals surface area contributed by atoms with Crippen molar-refractivity contribution in [2.45, 2.75) is 38.8 Å². The van der Waals surface area contributed by atoms with Crippen LogP contribution in [0.15, 0.2) is 35.3 Å². The van der Waals surface area contributed by atoms with Crippen LogP contribution in [-0.4, -0.2) is 45.9 Å². The summed E-state index contributed by atoms with van der Waals surface area (Å²) in [5.74, 6) is 1.43. The second kappa shape index (κ2) is 9.43. The molecule has 2 aromatic heterocycles. The Kier molecular flexibility index (Phi) is 6.45. The molecule has 1 aliphatic rings. The van der Waals surface area contributed by atoms with Gasteiger partial charge in [-0.05, 0) is 56.4 Å². The predicted molar refractivity (Wildman–Crippen MR) is 118 cm³/mol. The average molecular weight is 445 g/mol. The number of anilines is 3. The molecule has 1 aliphatic heterocycles. The van der Waals surface area contributed by atoms with E-state index in [0.29, 0.717) is 28.9 Å². The Labute approximate surface area is 183 Å². The number of rotatable bonds is 7. The first-order valence-electron chi connectivity index (χ1n) is 10.5. The van der Waals surface area contributed by atoms with Gasteiger partial charge in [-0.2, -0.15) is 18.9 Å². The summed E-state index contributed by atoms with van der Waals surface area (Å²) >= 11 is 0. The van der Waals surface area contributed by atoms with Crippen LogP contribution < -0.4 is 26.2 Å². The molecule has 1 unspecified atom stereocenters. The molecule has 0 spiro atoms. The molecule has 0 bridgehead atoms. The summed E-state index contributed by atoms with van der Waals surface area (Å²) in [6, 6.07) is 6.14. The molecule has 0 amide bonds. The van der Waals surface area contributed by atoms with Gasteiger partial charge in [-0.15, -0.1) is 0 Å². The van der Waals surface area contributed by atoms with Crippen LogP contribution in [0.1, 0.15) is 26.2 Å². The van der Waals surface area contributed by atoms with Gasteiger partial charge in [0.15, 0.2) is 0 Å². The zero-order valence-corrected chi connectivity index (χ0v) is 17.6. The first-order chi connectivity index (χ1) is 15.4. The lowest BCUT2D eigenvalue weighted by Gasteiger charge is -2.33. The minimum absolute atomic E-state index is 0.0375. The number of nitrogens with one attached hydrogen (secondary N) is 2. The number of fused-ring (bicyclic) bond motifs is 1. The molecule has 170 valence electrons. The lowest BCUT2D eigenvalue weighted by Crippen LogP contribution is -2.36. The smallest absolute Gasteiger partial charge is 0.387 e. The Morgan fingerprint density at radius 3 is 2.62 bits per heavy atom. The van der Waals surface area contributed by atoms with Crippen LogP contribution in [-0.2, 0) is 0 Å². The number of alkyl halides is 2. The highest BCUT2D eigenvalue weighted by Crippen LogP contribution is 2.28. The minimum Gasteiger partial charge on any atom is -0.435 e. The van der Waals surface area contributed by atoms with Gasteiger partial charge in [-0.25, -0.2) is 10.1 Å². The van der Waals surface area contributed by atoms with Crippen molar-refractivity contribution < 1.29 is 13.5 Å². The van der Waals surface area contributed by atoms with Crippen molar-refractivity contribution in [3.8, 4) is 5.75 Å². The zero-order valence-electron chi connectivity index (χ0n) is 17.6. The summed E-state index contributed by atoms with van der Waals surface area (Å²) in [5, 5.41) is 9.62. The first-order valence-corrected chi connectivity index (χ1v) is 10.5. The quantitative estimate of drug-likeness (QED) is 0.507. The molecule has 1 aromatic carbocycles. The number of aromatic nitrogens is 4. The summed E-state index contributed by atoms with van der Waals surface area (Å²) < 4.78 is 29.1. The number of nitrogens with zero attached hydrogens (tertiary/aromatic N) is 4. The maximum atomic E-state index is 12.4. The van der Waals surface area contributed by atoms with Crippen molar-refractivity contribution in [2.75, 3.05) is 23.3 Å². The van der Waals surface area contributed by atoms with Gasteiger partial charge in [0.2, 0.25) is 5.95 Å². The SMILES string of the molecule is CC(N)CC1CCN(c2nc(Nc3ccc(OC(F)F)cc3)c3c(=O)[nH]ncc3n2)CC1. The Bertz CT molecular complexity index is 1110. The van der Waals surface area contributed by atoms with E-state index in [1.807, 2.05) is 6.92 Å². The van der Waals surface area contributed by atoms with Crippen LogP contribution in [0.5, 0.6) is 5.75 Å². The molecular formula is C21H25F2N7O2. The Balaban J connectivity index is 1.61. The highest BCUT2D eigenvalue weighted by atomic mass is 19.3. The van der Waals surface area contributed by atoms with Crippen LogP contribution in [0, 0.1) is 5.92 Å². The number of H-pyrrole nitrogens is 1. The summed E-state index contributed by atoms with van der Waals surface area (Å²) in [4.78, 5) is 23.7. The number of nitrogens with two attached hydrogens (primary N) is 1. The fourth-order valence-corrected chi connectivity index (χ4v) is 3.97. The van der Waals surface area contributed by atoms with E-state index in [1.54, 1.807) is 12.1 Å². The number of benzene rings is 1. The van der Waals surface area contributed by atoms with Crippen LogP contribution in [0.2, 0.25) is 0 Å². The zero-order chi connectivity index (χ0) is 22.7. The molecule has 0 aliphatic carbocycles. The van der Waals surface area contributed by atoms with E-state index in [9.17, 15) is 13.6 Å². The third-order valence-electron chi connectivity index (χ3n) is 5.45. The number of halogens is 2. The maximum absolute atomic E-state index is 12.4. The van der Waals surface area contributed by atoms with E-state index in [1.165, 1.54) is 18.3 Å². The van der Waals surface area contributed by atoms with Crippen molar-refractivity contribution in [3.05, 3.63) is 40.8 Å². The first kappa shape index (κ1) is 21.9.